The second-order valence-electron chi connectivity index (χ2n) is 18.9. The predicted molar refractivity (Wildman–Crippen MR) is 222 cm³/mol. The molecule has 1 amide bonds. The molecular weight excluding hydrogens is 777 g/mol. The van der Waals surface area contributed by atoms with E-state index in [0.29, 0.717) is 0 Å². The van der Waals surface area contributed by atoms with Gasteiger partial charge in [-0.3, -0.25) is 9.63 Å². The van der Waals surface area contributed by atoms with E-state index in [1.165, 1.54) is 0 Å². The molecule has 2 saturated heterocycles. The topological polar surface area (TPSA) is 157 Å². The van der Waals surface area contributed by atoms with Gasteiger partial charge in [-0.05, 0) is 58.0 Å². The van der Waals surface area contributed by atoms with Crippen molar-refractivity contribution in [3.63, 3.8) is 0 Å². The minimum absolute atomic E-state index is 0.0646. The van der Waals surface area contributed by atoms with Gasteiger partial charge in [-0.1, -0.05) is 125 Å². The molecule has 314 valence electrons. The average Bonchev–Trinajstić information content (AvgIpc) is 3.32. The van der Waals surface area contributed by atoms with Crippen LogP contribution in [0.25, 0.3) is 0 Å². The Balaban J connectivity index is 1.85. The number of aliphatic hydroxyl groups is 2. The van der Waals surface area contributed by atoms with Gasteiger partial charge in [-0.15, -0.1) is 0 Å². The van der Waals surface area contributed by atoms with Crippen molar-refractivity contribution in [3.05, 3.63) is 71.8 Å². The number of hydroxylamine groups is 2. The van der Waals surface area contributed by atoms with E-state index in [1.54, 1.807) is 30.3 Å². The SMILES string of the molecule is CC(C)[Si]1(C(C)C)O[C@@H]2[C@H](O[Si](C(C)C)(C(C)C)O1)[C@@](O)(COC(=O)c1ccccc1)[C@H](O[Si](C)(C)C(C)(C)C)[C@](O)(C#N)[C@@]21CC(=O)N1OCc1ccccc1. The Morgan fingerprint density at radius 2 is 1.39 bits per heavy atom. The number of fused-ring (bicyclic) bond motifs is 2. The number of ether oxygens (including phenoxy) is 1. The molecule has 15 heteroatoms. The van der Waals surface area contributed by atoms with E-state index < -0.39 is 84.0 Å². The number of carbonyl (C=O) groups excluding carboxylic acids is 2. The number of hydrogen-bond acceptors (Lipinski definition) is 11. The van der Waals surface area contributed by atoms with Gasteiger partial charge in [0.25, 0.3) is 0 Å². The quantitative estimate of drug-likeness (QED) is 0.0936. The second-order valence-corrected chi connectivity index (χ2v) is 32.4. The lowest BCUT2D eigenvalue weighted by atomic mass is 9.55. The lowest BCUT2D eigenvalue weighted by Gasteiger charge is -2.68. The summed E-state index contributed by atoms with van der Waals surface area (Å²) < 4.78 is 35.6. The Morgan fingerprint density at radius 1 is 0.895 bits per heavy atom. The third-order valence-corrected chi connectivity index (χ3v) is 27.6. The summed E-state index contributed by atoms with van der Waals surface area (Å²) in [7, 11) is -10.1. The Kier molecular flexibility index (Phi) is 12.7. The average molecular weight is 841 g/mol. The summed E-state index contributed by atoms with van der Waals surface area (Å²) in [6.45, 7) is 25.4. The van der Waals surface area contributed by atoms with Crippen LogP contribution < -0.4 is 0 Å². The number of hydrogen-bond donors (Lipinski definition) is 2. The van der Waals surface area contributed by atoms with Crippen molar-refractivity contribution in [2.75, 3.05) is 6.61 Å². The molecule has 2 heterocycles. The summed E-state index contributed by atoms with van der Waals surface area (Å²) in [5.74, 6) is -1.22. The third kappa shape index (κ3) is 7.42. The van der Waals surface area contributed by atoms with Crippen LogP contribution in [-0.4, -0.2) is 94.3 Å². The third-order valence-electron chi connectivity index (χ3n) is 12.9. The molecule has 5 rings (SSSR count). The van der Waals surface area contributed by atoms with Gasteiger partial charge in [0.1, 0.15) is 37.6 Å². The van der Waals surface area contributed by atoms with Gasteiger partial charge in [0.2, 0.25) is 11.5 Å². The van der Waals surface area contributed by atoms with Crippen molar-refractivity contribution in [2.45, 2.75) is 165 Å². The standard InChI is InChI=1S/C42H64N2O10Si3/c1-28(2)56(29(3)4)51-35-36(52-57(54-56,30(5)6)31(7)8)41(24-34(45)44(41)50-25-32-20-16-14-17-21-32)42(48,26-43)38(53-55(12,13)39(9,10)11)40(35,47)27-49-37(46)33-22-18-15-19-23-33/h14-23,28-31,35-36,38,47-48H,24-25,27H2,1-13H3/t35-,36+,38-,40-,41+,42+/m0/s1. The van der Waals surface area contributed by atoms with Gasteiger partial charge >= 0.3 is 23.1 Å². The zero-order chi connectivity index (χ0) is 42.6. The molecule has 0 unspecified atom stereocenters. The van der Waals surface area contributed by atoms with E-state index in [0.717, 1.165) is 10.6 Å². The molecule has 1 saturated carbocycles. The van der Waals surface area contributed by atoms with E-state index in [4.69, 9.17) is 27.0 Å². The highest BCUT2D eigenvalue weighted by Crippen LogP contribution is 2.61. The second kappa shape index (κ2) is 16.0. The molecule has 2 aromatic rings. The molecular formula is C42H64N2O10Si3. The van der Waals surface area contributed by atoms with Crippen LogP contribution in [0, 0.1) is 11.3 Å². The highest BCUT2D eigenvalue weighted by molar-refractivity contribution is 6.84. The molecule has 57 heavy (non-hydrogen) atoms. The van der Waals surface area contributed by atoms with Gasteiger partial charge in [0.15, 0.2) is 19.5 Å². The van der Waals surface area contributed by atoms with E-state index >= 15 is 0 Å². The van der Waals surface area contributed by atoms with Gasteiger partial charge in [0, 0.05) is 0 Å². The molecule has 6 atom stereocenters. The smallest absolute Gasteiger partial charge is 0.338 e. The Labute approximate surface area is 342 Å². The molecule has 2 N–H and O–H groups in total. The number of amides is 1. The van der Waals surface area contributed by atoms with E-state index in [1.807, 2.05) is 120 Å². The van der Waals surface area contributed by atoms with Gasteiger partial charge < -0.3 is 32.3 Å². The number of rotatable bonds is 12. The van der Waals surface area contributed by atoms with Crippen molar-refractivity contribution in [1.82, 2.24) is 5.06 Å². The maximum absolute atomic E-state index is 14.1. The Bertz CT molecular complexity index is 1780. The van der Waals surface area contributed by atoms with E-state index in [-0.39, 0.29) is 40.8 Å². The zero-order valence-electron chi connectivity index (χ0n) is 36.0. The van der Waals surface area contributed by atoms with Crippen LogP contribution >= 0.6 is 0 Å². The van der Waals surface area contributed by atoms with Crippen LogP contribution in [-0.2, 0) is 38.4 Å². The van der Waals surface area contributed by atoms with Crippen LogP contribution in [0.4, 0.5) is 0 Å². The van der Waals surface area contributed by atoms with E-state index in [9.17, 15) is 25.1 Å². The highest BCUT2D eigenvalue weighted by Gasteiger charge is 2.84. The first kappa shape index (κ1) is 45.3. The number of nitriles is 1. The molecule has 3 aliphatic rings. The molecule has 2 aliphatic heterocycles. The fourth-order valence-electron chi connectivity index (χ4n) is 8.56. The van der Waals surface area contributed by atoms with Gasteiger partial charge in [-0.25, -0.2) is 9.86 Å². The first-order valence-corrected chi connectivity index (χ1v) is 27.1. The van der Waals surface area contributed by atoms with Crippen LogP contribution in [0.1, 0.15) is 98.5 Å². The monoisotopic (exact) mass is 840 g/mol. The zero-order valence-corrected chi connectivity index (χ0v) is 39.0. The molecule has 0 aromatic heterocycles. The molecule has 1 aliphatic carbocycles. The highest BCUT2D eigenvalue weighted by atomic mass is 28.5. The first-order valence-electron chi connectivity index (χ1n) is 20.2. The summed E-state index contributed by atoms with van der Waals surface area (Å²) >= 11 is 0. The minimum atomic E-state index is -3.53. The maximum Gasteiger partial charge on any atom is 0.338 e. The molecule has 2 aromatic carbocycles. The van der Waals surface area contributed by atoms with Crippen molar-refractivity contribution >= 4 is 37.3 Å². The lowest BCUT2D eigenvalue weighted by molar-refractivity contribution is -0.367. The number of benzene rings is 2. The summed E-state index contributed by atoms with van der Waals surface area (Å²) in [5, 5.41) is 39.3. The summed E-state index contributed by atoms with van der Waals surface area (Å²) in [4.78, 5) is 34.2. The normalized spacial score (nSPS) is 30.0. The predicted octanol–water partition coefficient (Wildman–Crippen LogP) is 7.66. The van der Waals surface area contributed by atoms with Crippen LogP contribution in [0.5, 0.6) is 0 Å². The Hall–Kier alpha value is -2.76. The Morgan fingerprint density at radius 3 is 1.84 bits per heavy atom. The van der Waals surface area contributed by atoms with Crippen molar-refractivity contribution in [3.8, 4) is 6.07 Å². The maximum atomic E-state index is 14.1. The molecule has 3 fully saturated rings. The first-order chi connectivity index (χ1) is 26.4. The number of carbonyl (C=O) groups is 2. The molecule has 0 radical (unpaired) electrons. The fraction of sp³-hybridized carbons (Fsp3) is 0.643. The summed E-state index contributed by atoms with van der Waals surface area (Å²) in [5.41, 5.74) is -6.83. The van der Waals surface area contributed by atoms with Crippen LogP contribution in [0.15, 0.2) is 60.7 Å². The van der Waals surface area contributed by atoms with Crippen LogP contribution in [0.2, 0.25) is 40.3 Å². The fourth-order valence-corrected chi connectivity index (χ4v) is 21.2. The van der Waals surface area contributed by atoms with E-state index in [2.05, 4.69) is 6.07 Å². The number of β-lactam (4-membered cyclic amide) rings is 1. The van der Waals surface area contributed by atoms with Crippen LogP contribution in [0.3, 0.4) is 0 Å². The molecule has 1 spiro atoms. The largest absolute Gasteiger partial charge is 0.459 e. The molecule has 12 nitrogen and oxygen atoms in total. The van der Waals surface area contributed by atoms with Crippen molar-refractivity contribution < 1.29 is 46.8 Å². The van der Waals surface area contributed by atoms with Crippen molar-refractivity contribution in [2.24, 2.45) is 0 Å². The lowest BCUT2D eigenvalue weighted by Crippen LogP contribution is -2.92. The summed E-state index contributed by atoms with van der Waals surface area (Å²) in [6, 6.07) is 19.8. The van der Waals surface area contributed by atoms with Gasteiger partial charge in [0.05, 0.1) is 12.0 Å². The molecule has 0 bridgehead atoms. The minimum Gasteiger partial charge on any atom is -0.459 e. The number of nitrogens with zero attached hydrogens (tertiary/aromatic N) is 2. The van der Waals surface area contributed by atoms with Crippen molar-refractivity contribution in [1.29, 1.82) is 5.26 Å². The number of esters is 1. The summed E-state index contributed by atoms with van der Waals surface area (Å²) in [6.07, 6.45) is -5.02. The van der Waals surface area contributed by atoms with Gasteiger partial charge in [-0.2, -0.15) is 5.26 Å².